The molecule has 0 unspecified atom stereocenters. The number of carboxylic acids is 1. The second-order valence-electron chi connectivity index (χ2n) is 2.57. The third-order valence-electron chi connectivity index (χ3n) is 1.79. The first-order chi connectivity index (χ1) is 6.20. The first-order valence-corrected chi connectivity index (χ1v) is 4.85. The molecule has 2 rings (SSSR count). The van der Waals surface area contributed by atoms with E-state index in [-0.39, 0.29) is 5.56 Å². The number of thiophene rings is 1. The quantitative estimate of drug-likeness (QED) is 0.788. The lowest BCUT2D eigenvalue weighted by molar-refractivity contribution is 0.0697. The monoisotopic (exact) mass is 212 g/mol. The number of benzene rings is 1. The lowest BCUT2D eigenvalue weighted by Crippen LogP contribution is -1.96. The predicted molar refractivity (Wildman–Crippen MR) is 53.8 cm³/mol. The zero-order valence-corrected chi connectivity index (χ0v) is 8.02. The molecule has 0 saturated carbocycles. The summed E-state index contributed by atoms with van der Waals surface area (Å²) in [4.78, 5) is 10.7. The minimum Gasteiger partial charge on any atom is -0.478 e. The summed E-state index contributed by atoms with van der Waals surface area (Å²) in [6.07, 6.45) is 0. The average molecular weight is 213 g/mol. The van der Waals surface area contributed by atoms with Crippen molar-refractivity contribution in [3.05, 3.63) is 34.2 Å². The molecule has 0 aliphatic heterocycles. The van der Waals surface area contributed by atoms with Gasteiger partial charge in [-0.25, -0.2) is 4.79 Å². The Morgan fingerprint density at radius 1 is 1.38 bits per heavy atom. The second kappa shape index (κ2) is 3.01. The van der Waals surface area contributed by atoms with Crippen molar-refractivity contribution < 1.29 is 9.90 Å². The van der Waals surface area contributed by atoms with Crippen LogP contribution in [0.1, 0.15) is 10.4 Å². The number of hydrogen-bond donors (Lipinski definition) is 1. The number of hydrogen-bond acceptors (Lipinski definition) is 2. The molecule has 0 bridgehead atoms. The molecule has 0 radical (unpaired) electrons. The summed E-state index contributed by atoms with van der Waals surface area (Å²) in [7, 11) is 0. The van der Waals surface area contributed by atoms with Crippen LogP contribution in [0.5, 0.6) is 0 Å². The smallest absolute Gasteiger partial charge is 0.337 e. The van der Waals surface area contributed by atoms with Crippen molar-refractivity contribution in [2.75, 3.05) is 0 Å². The van der Waals surface area contributed by atoms with Gasteiger partial charge in [0.2, 0.25) is 0 Å². The highest BCUT2D eigenvalue weighted by Crippen LogP contribution is 2.31. The van der Waals surface area contributed by atoms with Crippen LogP contribution >= 0.6 is 22.9 Å². The van der Waals surface area contributed by atoms with Crippen LogP contribution < -0.4 is 0 Å². The van der Waals surface area contributed by atoms with E-state index in [0.717, 1.165) is 10.1 Å². The molecular weight excluding hydrogens is 208 g/mol. The van der Waals surface area contributed by atoms with Gasteiger partial charge in [-0.3, -0.25) is 0 Å². The molecule has 1 N–H and O–H groups in total. The maximum atomic E-state index is 10.7. The molecule has 0 atom stereocenters. The number of rotatable bonds is 1. The number of aromatic carboxylic acids is 1. The third-order valence-corrected chi connectivity index (χ3v) is 3.24. The standard InChI is InChI=1S/C9H5ClO2S/c10-7-6(9(11)12)2-1-5-3-4-13-8(5)7/h1-4H,(H,11,12). The molecule has 0 spiro atoms. The van der Waals surface area contributed by atoms with Crippen LogP contribution in [-0.2, 0) is 0 Å². The molecule has 0 saturated heterocycles. The van der Waals surface area contributed by atoms with Crippen LogP contribution in [0.15, 0.2) is 23.6 Å². The lowest BCUT2D eigenvalue weighted by atomic mass is 10.2. The van der Waals surface area contributed by atoms with Crippen LogP contribution in [0.25, 0.3) is 10.1 Å². The topological polar surface area (TPSA) is 37.3 Å². The van der Waals surface area contributed by atoms with E-state index in [2.05, 4.69) is 0 Å². The van der Waals surface area contributed by atoms with E-state index in [4.69, 9.17) is 16.7 Å². The Morgan fingerprint density at radius 3 is 2.85 bits per heavy atom. The normalized spacial score (nSPS) is 10.5. The van der Waals surface area contributed by atoms with E-state index >= 15 is 0 Å². The highest BCUT2D eigenvalue weighted by atomic mass is 35.5. The van der Waals surface area contributed by atoms with Gasteiger partial charge in [0.1, 0.15) is 0 Å². The van der Waals surface area contributed by atoms with Crippen LogP contribution in [0.3, 0.4) is 0 Å². The van der Waals surface area contributed by atoms with Gasteiger partial charge < -0.3 is 5.11 Å². The fourth-order valence-corrected chi connectivity index (χ4v) is 2.39. The van der Waals surface area contributed by atoms with Crippen LogP contribution in [0.4, 0.5) is 0 Å². The zero-order valence-electron chi connectivity index (χ0n) is 6.45. The number of carbonyl (C=O) groups is 1. The summed E-state index contributed by atoms with van der Waals surface area (Å²) >= 11 is 7.36. The van der Waals surface area contributed by atoms with Gasteiger partial charge in [-0.1, -0.05) is 17.7 Å². The first-order valence-electron chi connectivity index (χ1n) is 3.59. The predicted octanol–water partition coefficient (Wildman–Crippen LogP) is 3.25. The van der Waals surface area contributed by atoms with Crippen molar-refractivity contribution in [1.29, 1.82) is 0 Å². The molecule has 1 heterocycles. The van der Waals surface area contributed by atoms with Crippen molar-refractivity contribution in [2.45, 2.75) is 0 Å². The summed E-state index contributed by atoms with van der Waals surface area (Å²) in [5, 5.41) is 12.0. The van der Waals surface area contributed by atoms with Gasteiger partial charge in [-0.15, -0.1) is 11.3 Å². The zero-order chi connectivity index (χ0) is 9.42. The van der Waals surface area contributed by atoms with Crippen molar-refractivity contribution in [3.63, 3.8) is 0 Å². The van der Waals surface area contributed by atoms with E-state index < -0.39 is 5.97 Å². The van der Waals surface area contributed by atoms with Crippen LogP contribution in [-0.4, -0.2) is 11.1 Å². The van der Waals surface area contributed by atoms with Gasteiger partial charge in [-0.2, -0.15) is 0 Å². The van der Waals surface area contributed by atoms with Gasteiger partial charge in [-0.05, 0) is 22.9 Å². The summed E-state index contributed by atoms with van der Waals surface area (Å²) < 4.78 is 0.835. The van der Waals surface area contributed by atoms with Crippen LogP contribution in [0, 0.1) is 0 Å². The van der Waals surface area contributed by atoms with Crippen molar-refractivity contribution >= 4 is 39.0 Å². The Morgan fingerprint density at radius 2 is 2.15 bits per heavy atom. The highest BCUT2D eigenvalue weighted by molar-refractivity contribution is 7.17. The molecule has 4 heteroatoms. The summed E-state index contributed by atoms with van der Waals surface area (Å²) in [6, 6.07) is 5.21. The fraction of sp³-hybridized carbons (Fsp3) is 0. The Balaban J connectivity index is 2.80. The van der Waals surface area contributed by atoms with Gasteiger partial charge >= 0.3 is 5.97 Å². The largest absolute Gasteiger partial charge is 0.478 e. The van der Waals surface area contributed by atoms with Crippen LogP contribution in [0.2, 0.25) is 5.02 Å². The average Bonchev–Trinajstić information content (AvgIpc) is 2.52. The minimum absolute atomic E-state index is 0.164. The number of halogens is 1. The highest BCUT2D eigenvalue weighted by Gasteiger charge is 2.11. The maximum Gasteiger partial charge on any atom is 0.337 e. The molecule has 0 amide bonds. The maximum absolute atomic E-state index is 10.7. The molecule has 1 aromatic heterocycles. The SMILES string of the molecule is O=C(O)c1ccc2ccsc2c1Cl. The van der Waals surface area contributed by atoms with Crippen molar-refractivity contribution in [1.82, 2.24) is 0 Å². The van der Waals surface area contributed by atoms with Crippen molar-refractivity contribution in [2.24, 2.45) is 0 Å². The second-order valence-corrected chi connectivity index (χ2v) is 3.87. The molecule has 2 aromatic rings. The Labute approximate surface area is 83.4 Å². The molecule has 2 nitrogen and oxygen atoms in total. The molecule has 1 aromatic carbocycles. The Hall–Kier alpha value is -1.06. The molecule has 0 aliphatic carbocycles. The molecule has 0 fully saturated rings. The van der Waals surface area contributed by atoms with Gasteiger partial charge in [0.15, 0.2) is 0 Å². The summed E-state index contributed by atoms with van der Waals surface area (Å²) in [5.41, 5.74) is 0.164. The van der Waals surface area contributed by atoms with E-state index in [1.165, 1.54) is 17.4 Å². The van der Waals surface area contributed by atoms with E-state index in [9.17, 15) is 4.79 Å². The molecule has 66 valence electrons. The van der Waals surface area contributed by atoms with Gasteiger partial charge in [0.25, 0.3) is 0 Å². The minimum atomic E-state index is -0.986. The molecule has 0 aliphatic rings. The van der Waals surface area contributed by atoms with Gasteiger partial charge in [0, 0.05) is 0 Å². The lowest BCUT2D eigenvalue weighted by Gasteiger charge is -1.98. The fourth-order valence-electron chi connectivity index (χ4n) is 1.16. The Kier molecular flexibility index (Phi) is 1.98. The summed E-state index contributed by atoms with van der Waals surface area (Å²) in [5.74, 6) is -0.986. The van der Waals surface area contributed by atoms with E-state index in [1.807, 2.05) is 11.4 Å². The Bertz CT molecular complexity index is 475. The third kappa shape index (κ3) is 1.30. The van der Waals surface area contributed by atoms with E-state index in [1.54, 1.807) is 6.07 Å². The van der Waals surface area contributed by atoms with Gasteiger partial charge in [0.05, 0.1) is 15.3 Å². The van der Waals surface area contributed by atoms with E-state index in [0.29, 0.717) is 5.02 Å². The summed E-state index contributed by atoms with van der Waals surface area (Å²) in [6.45, 7) is 0. The molecular formula is C9H5ClO2S. The first kappa shape index (κ1) is 8.53. The number of carboxylic acid groups (broad SMARTS) is 1. The number of fused-ring (bicyclic) bond motifs is 1. The molecule has 13 heavy (non-hydrogen) atoms. The van der Waals surface area contributed by atoms with Crippen molar-refractivity contribution in [3.8, 4) is 0 Å².